The quantitative estimate of drug-likeness (QED) is 0.144. The van der Waals surface area contributed by atoms with Gasteiger partial charge in [0.05, 0.1) is 88.1 Å². The van der Waals surface area contributed by atoms with Gasteiger partial charge in [0.15, 0.2) is 0 Å². The van der Waals surface area contributed by atoms with Gasteiger partial charge in [-0.3, -0.25) is 24.0 Å². The van der Waals surface area contributed by atoms with Gasteiger partial charge in [-0.25, -0.2) is 0 Å². The summed E-state index contributed by atoms with van der Waals surface area (Å²) < 4.78 is 58.8. The molecule has 550 valence electrons. The van der Waals surface area contributed by atoms with Gasteiger partial charge < -0.3 is 47.4 Å². The van der Waals surface area contributed by atoms with Crippen molar-refractivity contribution in [1.82, 2.24) is 0 Å². The lowest BCUT2D eigenvalue weighted by atomic mass is 9.63. The van der Waals surface area contributed by atoms with Crippen LogP contribution in [-0.4, -0.2) is 161 Å². The van der Waals surface area contributed by atoms with Crippen LogP contribution in [0.5, 0.6) is 0 Å². The Bertz CT molecular complexity index is 2990. The number of hydrogen-bond acceptors (Lipinski definition) is 19. The van der Waals surface area contributed by atoms with Gasteiger partial charge in [-0.05, 0) is 213 Å². The van der Waals surface area contributed by atoms with Crippen LogP contribution in [0.1, 0.15) is 177 Å². The minimum Gasteiger partial charge on any atom is -0.460 e. The summed E-state index contributed by atoms with van der Waals surface area (Å²) in [5.74, 6) is 6.60. The van der Waals surface area contributed by atoms with E-state index in [1.54, 1.807) is 0 Å². The molecule has 20 rings (SSSR count). The molecule has 15 fully saturated rings. The predicted octanol–water partition coefficient (Wildman–Crippen LogP) is 14.1. The summed E-state index contributed by atoms with van der Waals surface area (Å²) in [4.78, 5) is 63.3. The van der Waals surface area contributed by atoms with Gasteiger partial charge in [0.1, 0.15) is 28.0 Å². The van der Waals surface area contributed by atoms with Crippen molar-refractivity contribution in [2.45, 2.75) is 308 Å². The van der Waals surface area contributed by atoms with Gasteiger partial charge in [0.25, 0.3) is 0 Å². The molecule has 0 amide bonds. The van der Waals surface area contributed by atoms with Crippen LogP contribution in [0.2, 0.25) is 0 Å². The van der Waals surface area contributed by atoms with Crippen LogP contribution < -0.4 is 0 Å². The molecule has 2 aliphatic carbocycles. The van der Waals surface area contributed by atoms with Crippen molar-refractivity contribution in [3.8, 4) is 0 Å². The molecule has 18 aliphatic heterocycles. The van der Waals surface area contributed by atoms with Gasteiger partial charge in [-0.15, -0.1) is 23.5 Å². The van der Waals surface area contributed by atoms with E-state index in [0.717, 1.165) is 43.3 Å². The summed E-state index contributed by atoms with van der Waals surface area (Å²) in [6, 6.07) is 0. The van der Waals surface area contributed by atoms with Gasteiger partial charge in [-0.1, -0.05) is 60.8 Å². The molecule has 19 heteroatoms. The van der Waals surface area contributed by atoms with E-state index in [1.165, 1.54) is 6.42 Å². The molecule has 18 heterocycles. The van der Waals surface area contributed by atoms with Crippen molar-refractivity contribution < 1.29 is 71.3 Å². The smallest absolute Gasteiger partial charge is 0.315 e. The van der Waals surface area contributed by atoms with Crippen molar-refractivity contribution in [2.75, 3.05) is 0 Å². The third-order valence-corrected chi connectivity index (χ3v) is 33.9. The molecule has 35 atom stereocenters. The van der Waals surface area contributed by atoms with E-state index in [1.807, 2.05) is 129 Å². The molecule has 20 bridgehead atoms. The Labute approximate surface area is 611 Å². The second-order valence-electron chi connectivity index (χ2n) is 39.6. The molecule has 0 aromatic rings. The Morgan fingerprint density at radius 3 is 1.13 bits per heavy atom. The molecule has 0 N–H and O–H groups in total. The molecule has 2 saturated carbocycles. The third kappa shape index (κ3) is 11.4. The zero-order chi connectivity index (χ0) is 71.4. The Kier molecular flexibility index (Phi) is 16.9. The maximum atomic E-state index is 12.7. The molecule has 0 spiro atoms. The molecule has 20 aliphatic rings. The number of ether oxygens (including phenoxy) is 10. The average molecular weight is 1450 g/mol. The Morgan fingerprint density at radius 1 is 0.320 bits per heavy atom. The summed E-state index contributed by atoms with van der Waals surface area (Å²) in [7, 11) is 0. The van der Waals surface area contributed by atoms with Crippen molar-refractivity contribution in [3.05, 3.63) is 60.8 Å². The number of carbonyl (C=O) groups excluding carboxylic acids is 5. The summed E-state index contributed by atoms with van der Waals surface area (Å²) in [6.07, 6.45) is 30.1. The van der Waals surface area contributed by atoms with Gasteiger partial charge in [-0.2, -0.15) is 23.5 Å². The molecule has 0 aromatic heterocycles. The normalized spacial score (nSPS) is 51.6. The maximum absolute atomic E-state index is 12.7. The highest BCUT2D eigenvalue weighted by molar-refractivity contribution is 8.03. The number of esters is 5. The van der Waals surface area contributed by atoms with Crippen molar-refractivity contribution in [2.24, 2.45) is 98.1 Å². The largest absolute Gasteiger partial charge is 0.460 e. The Hall–Kier alpha value is -2.75. The van der Waals surface area contributed by atoms with Crippen LogP contribution in [0.15, 0.2) is 60.8 Å². The molecule has 0 radical (unpaired) electrons. The second-order valence-corrected chi connectivity index (χ2v) is 45.1. The van der Waals surface area contributed by atoms with Crippen molar-refractivity contribution >= 4 is 76.9 Å². The van der Waals surface area contributed by atoms with E-state index >= 15 is 0 Å². The van der Waals surface area contributed by atoms with Crippen LogP contribution in [-0.2, 0) is 71.3 Å². The molecule has 35 unspecified atom stereocenters. The molecule has 0 aromatic carbocycles. The highest BCUT2D eigenvalue weighted by atomic mass is 32.2. The van der Waals surface area contributed by atoms with Gasteiger partial charge in [0.2, 0.25) is 0 Å². The average Bonchev–Trinajstić information content (AvgIpc) is 1.57. The maximum Gasteiger partial charge on any atom is 0.315 e. The van der Waals surface area contributed by atoms with Crippen LogP contribution in [0.3, 0.4) is 0 Å². The van der Waals surface area contributed by atoms with E-state index in [0.29, 0.717) is 114 Å². The van der Waals surface area contributed by atoms with E-state index in [4.69, 9.17) is 47.4 Å². The lowest BCUT2D eigenvalue weighted by Gasteiger charge is -2.41. The van der Waals surface area contributed by atoms with Crippen LogP contribution in [0.4, 0.5) is 0 Å². The predicted molar refractivity (Wildman–Crippen MR) is 389 cm³/mol. The fourth-order valence-corrected chi connectivity index (χ4v) is 31.6. The van der Waals surface area contributed by atoms with E-state index in [2.05, 4.69) is 117 Å². The molecule has 15 nitrogen and oxygen atoms in total. The number of rotatable bonds is 5. The summed E-state index contributed by atoms with van der Waals surface area (Å²) in [5.41, 5.74) is -3.97. The van der Waals surface area contributed by atoms with Gasteiger partial charge in [0, 0.05) is 77.5 Å². The van der Waals surface area contributed by atoms with Crippen LogP contribution in [0.25, 0.3) is 0 Å². The Morgan fingerprint density at radius 2 is 0.660 bits per heavy atom. The molecular weight excluding hydrogens is 1340 g/mol. The summed E-state index contributed by atoms with van der Waals surface area (Å²) >= 11 is 8.26. The van der Waals surface area contributed by atoms with Crippen LogP contribution >= 0.6 is 47.0 Å². The monoisotopic (exact) mass is 1450 g/mol. The lowest BCUT2D eigenvalue weighted by molar-refractivity contribution is -0.173. The van der Waals surface area contributed by atoms with E-state index < -0.39 is 33.2 Å². The fourth-order valence-electron chi connectivity index (χ4n) is 23.1. The van der Waals surface area contributed by atoms with E-state index in [-0.39, 0.29) is 101 Å². The lowest BCUT2D eigenvalue weighted by Crippen LogP contribution is -2.49. The highest BCUT2D eigenvalue weighted by Crippen LogP contribution is 2.73. The zero-order valence-electron chi connectivity index (χ0n) is 62.6. The first-order valence-electron chi connectivity index (χ1n) is 38.0. The minimum absolute atomic E-state index is 0.00250. The number of fused-ring (bicyclic) bond motifs is 45. The first-order valence-corrected chi connectivity index (χ1v) is 41.7. The molecule has 13 saturated heterocycles. The first kappa shape index (κ1) is 71.5. The van der Waals surface area contributed by atoms with Crippen molar-refractivity contribution in [1.29, 1.82) is 0 Å². The SMILES string of the molecule is CC(C)(C)OC(=O)C1(C)CC2CC1C1C3C=CC(O3)C21.CC(C)(C)OC(=O)C1(C)CC2OC1C1C3C=CC(O3)C21.CC(C)(C)OC(=O)C1(C)CC2OC1C1C3C=CC(S3)C21.CC(C)(C)OC(=O)C1(C)CC2SC1C1C3C=CC(O3)C21.CC(C)(C)OC(=O)C1(C)CC2SC1C1C3C=CC(S3)C21. The number of hydrogen-bond donors (Lipinski definition) is 0. The summed E-state index contributed by atoms with van der Waals surface area (Å²) in [5, 5.41) is 4.56. The number of carbonyl (C=O) groups is 5. The first-order chi connectivity index (χ1) is 46.5. The van der Waals surface area contributed by atoms with Crippen LogP contribution in [0, 0.1) is 98.1 Å². The molecule has 100 heavy (non-hydrogen) atoms. The third-order valence-electron chi connectivity index (χ3n) is 26.8. The molecular formula is C81H112O15S4. The van der Waals surface area contributed by atoms with Crippen molar-refractivity contribution in [3.63, 3.8) is 0 Å². The number of thioether (sulfide) groups is 4. The zero-order valence-corrected chi connectivity index (χ0v) is 65.9. The highest BCUT2D eigenvalue weighted by Gasteiger charge is 2.74. The Balaban J connectivity index is 0.0000000972. The fraction of sp³-hybridized carbons (Fsp3) is 0.815. The second kappa shape index (κ2) is 23.6. The van der Waals surface area contributed by atoms with Gasteiger partial charge >= 0.3 is 29.8 Å². The summed E-state index contributed by atoms with van der Waals surface area (Å²) in [6.45, 7) is 39.5. The standard InChI is InChI=1S/C17H24O3.C16H22O4.2C16H22O3S.C16H22O2S2/c1-16(2,3)20-15(18)17(4)8-9-7-10(17)14-12-6-5-11(19-12)13(9)14;1-15(2,3)20-14(17)16(4)7-10-11-8-5-6-9(18-8)12(11)13(16)19-10;1-15(2,3)19-14(17)16(4)7-8-11-9-5-6-10(20-9)12(11)13(16)18-8;1-15(2,3)19-14(17)16(4)7-10-11-8-5-6-9(18-8)12(11)13(16)20-10;1-15(2,3)18-14(17)16(4)7-10-11-8-5-6-9(19-8)12(11)13(16)20-10/h5-6,9-14H,7-8H2,1-4H3;4*5-6,8-13H,7H2,1-4H3. The van der Waals surface area contributed by atoms with E-state index in [9.17, 15) is 24.0 Å². The minimum atomic E-state index is -0.527. The topological polar surface area (TPSA) is 178 Å².